The summed E-state index contributed by atoms with van der Waals surface area (Å²) in [6.07, 6.45) is 2.08. The van der Waals surface area contributed by atoms with Crippen molar-refractivity contribution in [3.05, 3.63) is 66.1 Å². The summed E-state index contributed by atoms with van der Waals surface area (Å²) >= 11 is 0. The first kappa shape index (κ1) is 25.5. The summed E-state index contributed by atoms with van der Waals surface area (Å²) < 4.78 is 21.4. The predicted molar refractivity (Wildman–Crippen MR) is 136 cm³/mol. The minimum atomic E-state index is -0.363. The third-order valence-corrected chi connectivity index (χ3v) is 6.24. The van der Waals surface area contributed by atoms with Crippen molar-refractivity contribution in [3.63, 3.8) is 0 Å². The Morgan fingerprint density at radius 3 is 2.58 bits per heavy atom. The Hall–Kier alpha value is -3.56. The lowest BCUT2D eigenvalue weighted by molar-refractivity contribution is -0.134. The molecule has 2 heterocycles. The van der Waals surface area contributed by atoms with Crippen molar-refractivity contribution in [2.24, 2.45) is 0 Å². The lowest BCUT2D eigenvalue weighted by atomic mass is 10.2. The number of ether oxygens (including phenoxy) is 1. The van der Waals surface area contributed by atoms with Gasteiger partial charge in [0.25, 0.3) is 0 Å². The number of aromatic nitrogens is 2. The maximum absolute atomic E-state index is 14.3. The topological polar surface area (TPSA) is 79.7 Å². The fraction of sp³-hybridized carbons (Fsp3) is 0.370. The van der Waals surface area contributed by atoms with Crippen LogP contribution in [0.25, 0.3) is 16.9 Å². The number of nitrogens with zero attached hydrogens (tertiary/aromatic N) is 4. The summed E-state index contributed by atoms with van der Waals surface area (Å²) in [5.41, 5.74) is 2.58. The van der Waals surface area contributed by atoms with E-state index in [-0.39, 0.29) is 30.1 Å². The highest BCUT2D eigenvalue weighted by atomic mass is 19.1. The molecule has 8 nitrogen and oxygen atoms in total. The highest BCUT2D eigenvalue weighted by Gasteiger charge is 2.20. The fourth-order valence-electron chi connectivity index (χ4n) is 4.08. The molecule has 3 aromatic rings. The van der Waals surface area contributed by atoms with Crippen LogP contribution in [0, 0.1) is 12.7 Å². The second-order valence-corrected chi connectivity index (χ2v) is 8.79. The second kappa shape index (κ2) is 11.9. The number of aryl methyl sites for hydroxylation is 1. The van der Waals surface area contributed by atoms with E-state index in [9.17, 15) is 14.0 Å². The number of carbonyl (C=O) groups is 2. The number of imidazole rings is 1. The van der Waals surface area contributed by atoms with E-state index in [1.54, 1.807) is 41.6 Å². The van der Waals surface area contributed by atoms with Crippen LogP contribution < -0.4 is 5.32 Å². The normalized spacial score (nSPS) is 14.0. The maximum atomic E-state index is 14.3. The summed E-state index contributed by atoms with van der Waals surface area (Å²) in [5, 5.41) is 2.84. The van der Waals surface area contributed by atoms with Gasteiger partial charge in [-0.25, -0.2) is 9.37 Å². The molecule has 0 spiro atoms. The van der Waals surface area contributed by atoms with E-state index < -0.39 is 0 Å². The van der Waals surface area contributed by atoms with Crippen LogP contribution in [-0.2, 0) is 14.3 Å². The van der Waals surface area contributed by atoms with Gasteiger partial charge in [0.1, 0.15) is 5.82 Å². The Labute approximate surface area is 210 Å². The lowest BCUT2D eigenvalue weighted by Gasteiger charge is -2.29. The molecule has 2 amide bonds. The average molecular weight is 494 g/mol. The van der Waals surface area contributed by atoms with E-state index in [1.807, 2.05) is 30.3 Å². The van der Waals surface area contributed by atoms with Gasteiger partial charge in [0.05, 0.1) is 31.1 Å². The third kappa shape index (κ3) is 6.35. The Kier molecular flexibility index (Phi) is 8.45. The molecule has 1 aliphatic heterocycles. The number of rotatable bonds is 9. The summed E-state index contributed by atoms with van der Waals surface area (Å²) in [5.74, 6) is -0.535. The minimum Gasteiger partial charge on any atom is -0.379 e. The molecule has 4 rings (SSSR count). The Bertz CT molecular complexity index is 1190. The number of anilines is 1. The molecule has 1 saturated heterocycles. The van der Waals surface area contributed by atoms with Gasteiger partial charge in [0, 0.05) is 44.4 Å². The zero-order chi connectivity index (χ0) is 25.5. The summed E-state index contributed by atoms with van der Waals surface area (Å²) in [4.78, 5) is 34.1. The zero-order valence-corrected chi connectivity index (χ0v) is 20.7. The van der Waals surface area contributed by atoms with E-state index in [1.165, 1.54) is 6.07 Å². The van der Waals surface area contributed by atoms with Gasteiger partial charge in [-0.1, -0.05) is 43.3 Å². The predicted octanol–water partition coefficient (Wildman–Crippen LogP) is 3.50. The van der Waals surface area contributed by atoms with Crippen LogP contribution in [0.1, 0.15) is 18.9 Å². The van der Waals surface area contributed by atoms with E-state index in [2.05, 4.69) is 15.2 Å². The number of carbonyl (C=O) groups excluding carboxylic acids is 2. The molecular weight excluding hydrogens is 461 g/mol. The first-order valence-corrected chi connectivity index (χ1v) is 12.2. The number of benzene rings is 2. The van der Waals surface area contributed by atoms with Crippen molar-refractivity contribution in [2.45, 2.75) is 20.3 Å². The Morgan fingerprint density at radius 1 is 1.14 bits per heavy atom. The lowest BCUT2D eigenvalue weighted by Crippen LogP contribution is -2.45. The van der Waals surface area contributed by atoms with Crippen molar-refractivity contribution < 1.29 is 18.7 Å². The number of hydrogen-bond donors (Lipinski definition) is 1. The summed E-state index contributed by atoms with van der Waals surface area (Å²) in [6.45, 7) is 7.49. The van der Waals surface area contributed by atoms with Crippen LogP contribution in [0.2, 0.25) is 0 Å². The minimum absolute atomic E-state index is 0.0904. The van der Waals surface area contributed by atoms with Crippen LogP contribution in [0.3, 0.4) is 0 Å². The Morgan fingerprint density at radius 2 is 1.89 bits per heavy atom. The van der Waals surface area contributed by atoms with Crippen molar-refractivity contribution in [1.82, 2.24) is 19.4 Å². The highest BCUT2D eigenvalue weighted by Crippen LogP contribution is 2.25. The molecule has 190 valence electrons. The molecule has 0 unspecified atom stereocenters. The quantitative estimate of drug-likeness (QED) is 0.494. The zero-order valence-electron chi connectivity index (χ0n) is 20.7. The van der Waals surface area contributed by atoms with E-state index >= 15 is 0 Å². The van der Waals surface area contributed by atoms with Crippen molar-refractivity contribution in [2.75, 3.05) is 51.3 Å². The number of hydrogen-bond acceptors (Lipinski definition) is 5. The number of nitrogens with one attached hydrogen (secondary N) is 1. The second-order valence-electron chi connectivity index (χ2n) is 8.79. The number of amides is 2. The highest BCUT2D eigenvalue weighted by molar-refractivity contribution is 5.93. The SMILES string of the molecule is CCC(=O)N(CCN1CCOCC1)CC(=O)Nc1nc(-c2ccccc2)cn1-c1ccc(C)c(F)c1. The van der Waals surface area contributed by atoms with Crippen LogP contribution >= 0.6 is 0 Å². The van der Waals surface area contributed by atoms with Crippen molar-refractivity contribution in [1.29, 1.82) is 0 Å². The van der Waals surface area contributed by atoms with Gasteiger partial charge in [-0.2, -0.15) is 0 Å². The van der Waals surface area contributed by atoms with Gasteiger partial charge in [0.2, 0.25) is 17.8 Å². The van der Waals surface area contributed by atoms with Crippen LogP contribution in [0.15, 0.2) is 54.7 Å². The van der Waals surface area contributed by atoms with Crippen LogP contribution in [0.4, 0.5) is 10.3 Å². The molecule has 0 saturated carbocycles. The molecular formula is C27H32FN5O3. The molecule has 1 fully saturated rings. The fourth-order valence-corrected chi connectivity index (χ4v) is 4.08. The van der Waals surface area contributed by atoms with E-state index in [0.717, 1.165) is 18.7 Å². The monoisotopic (exact) mass is 493 g/mol. The van der Waals surface area contributed by atoms with Crippen LogP contribution in [0.5, 0.6) is 0 Å². The number of halogens is 1. The molecule has 1 aromatic heterocycles. The number of morpholine rings is 1. The van der Waals surface area contributed by atoms with E-state index in [4.69, 9.17) is 4.74 Å². The third-order valence-electron chi connectivity index (χ3n) is 6.24. The summed E-state index contributed by atoms with van der Waals surface area (Å²) in [6, 6.07) is 14.4. The summed E-state index contributed by atoms with van der Waals surface area (Å²) in [7, 11) is 0. The molecule has 1 aliphatic rings. The molecule has 0 atom stereocenters. The van der Waals surface area contributed by atoms with Gasteiger partial charge in [-0.15, -0.1) is 0 Å². The molecule has 0 radical (unpaired) electrons. The molecule has 2 aromatic carbocycles. The van der Waals surface area contributed by atoms with Gasteiger partial charge in [0.15, 0.2) is 0 Å². The molecule has 0 aliphatic carbocycles. The molecule has 9 heteroatoms. The first-order valence-electron chi connectivity index (χ1n) is 12.2. The standard InChI is InChI=1S/C27H32FN5O3/c1-3-26(35)32(12-11-31-13-15-36-16-14-31)19-25(34)30-27-29-24(21-7-5-4-6-8-21)18-33(27)22-10-9-20(2)23(28)17-22/h4-10,17-18H,3,11-16,19H2,1-2H3,(H,29,30,34). The largest absolute Gasteiger partial charge is 0.379 e. The van der Waals surface area contributed by atoms with Gasteiger partial charge >= 0.3 is 0 Å². The first-order chi connectivity index (χ1) is 17.4. The molecule has 0 bridgehead atoms. The van der Waals surface area contributed by atoms with Gasteiger partial charge in [-0.3, -0.25) is 24.4 Å². The van der Waals surface area contributed by atoms with Crippen LogP contribution in [-0.4, -0.2) is 77.1 Å². The average Bonchev–Trinajstić information content (AvgIpc) is 3.32. The van der Waals surface area contributed by atoms with Gasteiger partial charge in [-0.05, 0) is 24.6 Å². The Balaban J connectivity index is 1.54. The van der Waals surface area contributed by atoms with Crippen molar-refractivity contribution >= 4 is 17.8 Å². The van der Waals surface area contributed by atoms with Crippen molar-refractivity contribution in [3.8, 4) is 16.9 Å². The van der Waals surface area contributed by atoms with E-state index in [0.29, 0.717) is 49.7 Å². The molecule has 36 heavy (non-hydrogen) atoms. The van der Waals surface area contributed by atoms with Gasteiger partial charge < -0.3 is 9.64 Å². The smallest absolute Gasteiger partial charge is 0.246 e. The molecule has 1 N–H and O–H groups in total. The maximum Gasteiger partial charge on any atom is 0.246 e.